The molecule has 10 heavy (non-hydrogen) atoms. The first kappa shape index (κ1) is 12.7. The van der Waals surface area contributed by atoms with E-state index >= 15 is 0 Å². The summed E-state index contributed by atoms with van der Waals surface area (Å²) in [5.74, 6) is 0. The lowest BCUT2D eigenvalue weighted by Gasteiger charge is -1.86. The summed E-state index contributed by atoms with van der Waals surface area (Å²) in [6, 6.07) is 0. The third-order valence-corrected chi connectivity index (χ3v) is 0.957. The molecule has 0 aliphatic rings. The molecule has 0 aromatic rings. The first-order valence-corrected chi connectivity index (χ1v) is 4.56. The second-order valence-electron chi connectivity index (χ2n) is 1.93. The van der Waals surface area contributed by atoms with Crippen LogP contribution in [0, 0.1) is 0 Å². The number of unbranched alkanes of at least 4 members (excludes halogenated alkanes) is 3. The van der Waals surface area contributed by atoms with Crippen LogP contribution in [-0.4, -0.2) is 0 Å². The van der Waals surface area contributed by atoms with Crippen molar-refractivity contribution < 1.29 is 14.4 Å². The number of hydrogen-bond donors (Lipinski definition) is 0. The topological polar surface area (TPSA) is 63.2 Å². The van der Waals surface area contributed by atoms with Crippen molar-refractivity contribution in [1.82, 2.24) is 0 Å². The molecule has 0 aliphatic heterocycles. The molecule has 0 atom stereocenters. The van der Waals surface area contributed by atoms with E-state index in [9.17, 15) is 0 Å². The lowest BCUT2D eigenvalue weighted by molar-refractivity contribution is -0.297. The largest absolute Gasteiger partial charge is 0.598 e. The van der Waals surface area contributed by atoms with Crippen LogP contribution < -0.4 is 9.79 Å². The van der Waals surface area contributed by atoms with Gasteiger partial charge in [0.05, 0.1) is 0 Å². The second kappa shape index (κ2) is 11.8. The van der Waals surface area contributed by atoms with Crippen molar-refractivity contribution in [2.45, 2.75) is 39.5 Å². The standard InChI is InChI=1S/C6H14.HO3P/c1-3-5-6-4-2;1-4(2)3/h3-6H2,1-2H3;(H,1,2,3)/p-1. The third kappa shape index (κ3) is 43.3. The van der Waals surface area contributed by atoms with Gasteiger partial charge < -0.3 is 9.79 Å². The van der Waals surface area contributed by atoms with E-state index < -0.39 is 8.25 Å². The number of hydrogen-bond acceptors (Lipinski definition) is 3. The van der Waals surface area contributed by atoms with E-state index in [4.69, 9.17) is 14.4 Å². The summed E-state index contributed by atoms with van der Waals surface area (Å²) >= 11 is 0. The molecular weight excluding hydrogens is 151 g/mol. The molecule has 3 nitrogen and oxygen atoms in total. The maximum absolute atomic E-state index is 8.48. The minimum Gasteiger partial charge on any atom is -0.598 e. The van der Waals surface area contributed by atoms with E-state index in [0.29, 0.717) is 0 Å². The van der Waals surface area contributed by atoms with Crippen LogP contribution in [0.4, 0.5) is 0 Å². The lowest BCUT2D eigenvalue weighted by Crippen LogP contribution is -1.97. The van der Waals surface area contributed by atoms with Gasteiger partial charge in [-0.1, -0.05) is 44.1 Å². The molecule has 0 amide bonds. The molecule has 0 aliphatic carbocycles. The second-order valence-corrected chi connectivity index (χ2v) is 2.38. The van der Waals surface area contributed by atoms with E-state index in [0.717, 1.165) is 0 Å². The lowest BCUT2D eigenvalue weighted by atomic mass is 10.2. The van der Waals surface area contributed by atoms with Crippen LogP contribution >= 0.6 is 8.25 Å². The smallest absolute Gasteiger partial charge is 0.276 e. The monoisotopic (exact) mass is 165 g/mol. The Kier molecular flexibility index (Phi) is 14.9. The molecule has 0 radical (unpaired) electrons. The van der Waals surface area contributed by atoms with Gasteiger partial charge in [0.2, 0.25) is 0 Å². The highest BCUT2D eigenvalue weighted by molar-refractivity contribution is 7.27. The van der Waals surface area contributed by atoms with Crippen molar-refractivity contribution in [1.29, 1.82) is 0 Å². The molecule has 0 N–H and O–H groups in total. The first-order valence-electron chi connectivity index (χ1n) is 3.46. The van der Waals surface area contributed by atoms with Gasteiger partial charge in [-0.15, -0.1) is 0 Å². The van der Waals surface area contributed by atoms with Crippen molar-refractivity contribution in [3.8, 4) is 0 Å². The minimum atomic E-state index is -3.37. The van der Waals surface area contributed by atoms with Crippen molar-refractivity contribution >= 4 is 8.25 Å². The molecular formula is C6H14O3P-. The van der Waals surface area contributed by atoms with Crippen LogP contribution in [0.2, 0.25) is 0 Å². The summed E-state index contributed by atoms with van der Waals surface area (Å²) in [5.41, 5.74) is 0. The average Bonchev–Trinajstić information content (AvgIpc) is 1.82. The van der Waals surface area contributed by atoms with Gasteiger partial charge in [0.1, 0.15) is 0 Å². The van der Waals surface area contributed by atoms with Crippen molar-refractivity contribution in [3.05, 3.63) is 0 Å². The molecule has 0 rings (SSSR count). The van der Waals surface area contributed by atoms with Gasteiger partial charge in [-0.2, -0.15) is 0 Å². The zero-order valence-corrected chi connectivity index (χ0v) is 7.39. The molecule has 0 saturated carbocycles. The Bertz CT molecular complexity index is 67.4. The molecule has 4 heteroatoms. The van der Waals surface area contributed by atoms with Crippen LogP contribution in [0.25, 0.3) is 0 Å². The fourth-order valence-corrected chi connectivity index (χ4v) is 0.500. The third-order valence-electron chi connectivity index (χ3n) is 0.957. The van der Waals surface area contributed by atoms with E-state index in [-0.39, 0.29) is 0 Å². The predicted octanol–water partition coefficient (Wildman–Crippen LogP) is 0.951. The molecule has 0 fully saturated rings. The average molecular weight is 165 g/mol. The van der Waals surface area contributed by atoms with Crippen molar-refractivity contribution in [2.75, 3.05) is 0 Å². The Balaban J connectivity index is 0. The van der Waals surface area contributed by atoms with Crippen LogP contribution in [-0.2, 0) is 4.57 Å². The van der Waals surface area contributed by atoms with E-state index in [2.05, 4.69) is 13.8 Å². The molecule has 0 spiro atoms. The number of rotatable bonds is 3. The predicted molar refractivity (Wildman–Crippen MR) is 37.4 cm³/mol. The maximum atomic E-state index is 8.48. The van der Waals surface area contributed by atoms with E-state index in [1.54, 1.807) is 0 Å². The highest BCUT2D eigenvalue weighted by Gasteiger charge is 1.75. The quantitative estimate of drug-likeness (QED) is 0.462. The Hall–Kier alpha value is 0.0200. The van der Waals surface area contributed by atoms with Gasteiger partial charge in [0.15, 0.2) is 0 Å². The van der Waals surface area contributed by atoms with Crippen LogP contribution in [0.15, 0.2) is 0 Å². The summed E-state index contributed by atoms with van der Waals surface area (Å²) in [6.45, 7) is 4.46. The fourth-order valence-electron chi connectivity index (χ4n) is 0.500. The molecule has 0 unspecified atom stereocenters. The summed E-state index contributed by atoms with van der Waals surface area (Å²) in [7, 11) is -3.37. The Morgan fingerprint density at radius 1 is 1.10 bits per heavy atom. The molecule has 0 aromatic heterocycles. The summed E-state index contributed by atoms with van der Waals surface area (Å²) in [5, 5.41) is 0. The van der Waals surface area contributed by atoms with Gasteiger partial charge >= 0.3 is 0 Å². The van der Waals surface area contributed by atoms with Gasteiger partial charge in [-0.3, -0.25) is 0 Å². The SMILES string of the molecule is CCCCCC.O=[P+]([O-])[O-]. The summed E-state index contributed by atoms with van der Waals surface area (Å²) < 4.78 is 8.48. The van der Waals surface area contributed by atoms with Crippen LogP contribution in [0.5, 0.6) is 0 Å². The first-order chi connectivity index (χ1) is 4.65. The van der Waals surface area contributed by atoms with E-state index in [1.165, 1.54) is 25.7 Å². The van der Waals surface area contributed by atoms with Crippen molar-refractivity contribution in [2.24, 2.45) is 0 Å². The van der Waals surface area contributed by atoms with Crippen LogP contribution in [0.1, 0.15) is 39.5 Å². The van der Waals surface area contributed by atoms with Gasteiger partial charge in [0, 0.05) is 0 Å². The zero-order chi connectivity index (χ0) is 8.41. The zero-order valence-electron chi connectivity index (χ0n) is 6.50. The summed E-state index contributed by atoms with van der Waals surface area (Å²) in [6.07, 6.45) is 5.54. The molecule has 0 heterocycles. The Labute approximate surface area is 63.0 Å². The molecule has 62 valence electrons. The fraction of sp³-hybridized carbons (Fsp3) is 1.00. The Morgan fingerprint density at radius 2 is 1.30 bits per heavy atom. The van der Waals surface area contributed by atoms with Gasteiger partial charge in [-0.25, -0.2) is 0 Å². The van der Waals surface area contributed by atoms with Gasteiger partial charge in [-0.05, 0) is 0 Å². The molecule has 0 aromatic carbocycles. The maximum Gasteiger partial charge on any atom is 0.276 e. The highest BCUT2D eigenvalue weighted by Crippen LogP contribution is 1.95. The van der Waals surface area contributed by atoms with Gasteiger partial charge in [0.25, 0.3) is 8.25 Å². The summed E-state index contributed by atoms with van der Waals surface area (Å²) in [4.78, 5) is 17.0. The van der Waals surface area contributed by atoms with E-state index in [1.807, 2.05) is 0 Å². The highest BCUT2D eigenvalue weighted by atomic mass is 31.1. The van der Waals surface area contributed by atoms with Crippen molar-refractivity contribution in [3.63, 3.8) is 0 Å². The molecule has 0 bridgehead atoms. The molecule has 0 saturated heterocycles. The Morgan fingerprint density at radius 3 is 1.40 bits per heavy atom. The normalized spacial score (nSPS) is 8.00. The minimum absolute atomic E-state index is 1.36. The van der Waals surface area contributed by atoms with Crippen LogP contribution in [0.3, 0.4) is 0 Å².